The summed E-state index contributed by atoms with van der Waals surface area (Å²) in [4.78, 5) is 15.4. The first-order valence-electron chi connectivity index (χ1n) is 7.26. The summed E-state index contributed by atoms with van der Waals surface area (Å²) in [5, 5.41) is 0.514. The highest BCUT2D eigenvalue weighted by molar-refractivity contribution is 7.05. The van der Waals surface area contributed by atoms with Gasteiger partial charge >= 0.3 is 0 Å². The number of nitrogens with two attached hydrogens (primary N) is 1. The van der Waals surface area contributed by atoms with Crippen molar-refractivity contribution in [2.75, 3.05) is 0 Å². The second-order valence-electron chi connectivity index (χ2n) is 5.27. The standard InChI is InChI=1S/C17H13F2N3O2S/c1-9-2-4-10(5-3-9)17-21-13(25-22-17)8-24-12-7-6-11(18)14(15(12)19)16(20)23/h2-7H,8H2,1H3,(H2,20,23). The van der Waals surface area contributed by atoms with Gasteiger partial charge in [-0.2, -0.15) is 4.37 Å². The van der Waals surface area contributed by atoms with E-state index in [-0.39, 0.29) is 12.4 Å². The summed E-state index contributed by atoms with van der Waals surface area (Å²) in [5.41, 5.74) is 6.13. The number of aromatic nitrogens is 2. The van der Waals surface area contributed by atoms with Crippen molar-refractivity contribution in [2.45, 2.75) is 13.5 Å². The van der Waals surface area contributed by atoms with Gasteiger partial charge in [0.2, 0.25) is 0 Å². The molecule has 0 spiro atoms. The fourth-order valence-corrected chi connectivity index (χ4v) is 2.72. The van der Waals surface area contributed by atoms with Gasteiger partial charge in [0, 0.05) is 5.56 Å². The fraction of sp³-hybridized carbons (Fsp3) is 0.118. The van der Waals surface area contributed by atoms with Gasteiger partial charge in [-0.1, -0.05) is 29.8 Å². The topological polar surface area (TPSA) is 78.1 Å². The van der Waals surface area contributed by atoms with Crippen molar-refractivity contribution in [3.63, 3.8) is 0 Å². The minimum absolute atomic E-state index is 0.0652. The zero-order valence-corrected chi connectivity index (χ0v) is 13.9. The van der Waals surface area contributed by atoms with E-state index in [2.05, 4.69) is 9.36 Å². The van der Waals surface area contributed by atoms with Crippen molar-refractivity contribution in [1.82, 2.24) is 9.36 Å². The molecule has 5 nitrogen and oxygen atoms in total. The molecule has 0 aliphatic carbocycles. The van der Waals surface area contributed by atoms with E-state index >= 15 is 0 Å². The van der Waals surface area contributed by atoms with Crippen molar-refractivity contribution < 1.29 is 18.3 Å². The molecule has 2 N–H and O–H groups in total. The second-order valence-corrected chi connectivity index (χ2v) is 6.10. The van der Waals surface area contributed by atoms with E-state index in [1.807, 2.05) is 31.2 Å². The predicted molar refractivity (Wildman–Crippen MR) is 89.3 cm³/mol. The first-order valence-corrected chi connectivity index (χ1v) is 8.03. The van der Waals surface area contributed by atoms with Crippen LogP contribution >= 0.6 is 11.5 Å². The molecule has 2 aromatic carbocycles. The fourth-order valence-electron chi connectivity index (χ4n) is 2.14. The smallest absolute Gasteiger partial charge is 0.254 e. The number of carbonyl (C=O) groups is 1. The van der Waals surface area contributed by atoms with Gasteiger partial charge in [-0.3, -0.25) is 4.79 Å². The molecule has 0 atom stereocenters. The van der Waals surface area contributed by atoms with Crippen LogP contribution in [0.4, 0.5) is 8.78 Å². The highest BCUT2D eigenvalue weighted by Gasteiger charge is 2.19. The Hall–Kier alpha value is -2.87. The van der Waals surface area contributed by atoms with Gasteiger partial charge < -0.3 is 10.5 Å². The van der Waals surface area contributed by atoms with Crippen molar-refractivity contribution in [2.24, 2.45) is 5.73 Å². The first kappa shape index (κ1) is 17.0. The molecule has 3 aromatic rings. The Labute approximate surface area is 146 Å². The number of hydrogen-bond acceptors (Lipinski definition) is 5. The average Bonchev–Trinajstić information content (AvgIpc) is 3.03. The monoisotopic (exact) mass is 361 g/mol. The van der Waals surface area contributed by atoms with Gasteiger partial charge in [-0.15, -0.1) is 0 Å². The molecule has 0 radical (unpaired) electrons. The molecule has 3 rings (SSSR count). The van der Waals surface area contributed by atoms with Gasteiger partial charge in [0.1, 0.15) is 18.0 Å². The number of primary amides is 1. The number of hydrogen-bond donors (Lipinski definition) is 1. The summed E-state index contributed by atoms with van der Waals surface area (Å²) >= 11 is 1.11. The zero-order valence-electron chi connectivity index (χ0n) is 13.1. The number of benzene rings is 2. The van der Waals surface area contributed by atoms with Gasteiger partial charge in [-0.25, -0.2) is 13.8 Å². The van der Waals surface area contributed by atoms with Gasteiger partial charge in [0.25, 0.3) is 5.91 Å². The lowest BCUT2D eigenvalue weighted by Crippen LogP contribution is -2.16. The Morgan fingerprint density at radius 2 is 1.92 bits per heavy atom. The molecule has 0 saturated heterocycles. The SMILES string of the molecule is Cc1ccc(-c2nsc(COc3ccc(F)c(C(N)=O)c3F)n2)cc1. The van der Waals surface area contributed by atoms with Crippen LogP contribution in [0.25, 0.3) is 11.4 Å². The predicted octanol–water partition coefficient (Wildman–Crippen LogP) is 3.47. The lowest BCUT2D eigenvalue weighted by atomic mass is 10.1. The van der Waals surface area contributed by atoms with Crippen molar-refractivity contribution in [3.8, 4) is 17.1 Å². The van der Waals surface area contributed by atoms with Crippen molar-refractivity contribution in [3.05, 3.63) is 64.2 Å². The lowest BCUT2D eigenvalue weighted by molar-refractivity contribution is 0.0991. The quantitative estimate of drug-likeness (QED) is 0.755. The maximum absolute atomic E-state index is 14.1. The molecule has 0 bridgehead atoms. The van der Waals surface area contributed by atoms with E-state index < -0.39 is 23.1 Å². The summed E-state index contributed by atoms with van der Waals surface area (Å²) in [5.74, 6) is -3.09. The van der Waals surface area contributed by atoms with Crippen LogP contribution in [0.5, 0.6) is 5.75 Å². The van der Waals surface area contributed by atoms with Gasteiger partial charge in [0.15, 0.2) is 22.4 Å². The summed E-state index contributed by atoms with van der Waals surface area (Å²) in [7, 11) is 0. The number of nitrogens with zero attached hydrogens (tertiary/aromatic N) is 2. The largest absolute Gasteiger partial charge is 0.483 e. The number of amides is 1. The third-order valence-electron chi connectivity index (χ3n) is 3.43. The van der Waals surface area contributed by atoms with Crippen LogP contribution < -0.4 is 10.5 Å². The number of halogens is 2. The van der Waals surface area contributed by atoms with Crippen LogP contribution in [-0.4, -0.2) is 15.3 Å². The van der Waals surface area contributed by atoms with E-state index in [0.29, 0.717) is 10.8 Å². The summed E-state index contributed by atoms with van der Waals surface area (Å²) < 4.78 is 37.1. The van der Waals surface area contributed by atoms with E-state index in [4.69, 9.17) is 10.5 Å². The molecule has 1 aromatic heterocycles. The normalized spacial score (nSPS) is 10.7. The Bertz CT molecular complexity index is 926. The van der Waals surface area contributed by atoms with E-state index in [0.717, 1.165) is 34.8 Å². The molecule has 1 amide bonds. The molecular formula is C17H13F2N3O2S. The maximum atomic E-state index is 14.1. The summed E-state index contributed by atoms with van der Waals surface area (Å²) in [6.45, 7) is 1.92. The highest BCUT2D eigenvalue weighted by Crippen LogP contribution is 2.25. The second kappa shape index (κ2) is 6.94. The van der Waals surface area contributed by atoms with Crippen molar-refractivity contribution >= 4 is 17.4 Å². The van der Waals surface area contributed by atoms with E-state index in [1.165, 1.54) is 0 Å². The minimum Gasteiger partial charge on any atom is -0.483 e. The van der Waals surface area contributed by atoms with Crippen LogP contribution in [0.1, 0.15) is 20.9 Å². The Morgan fingerprint density at radius 3 is 2.60 bits per heavy atom. The first-order chi connectivity index (χ1) is 12.0. The van der Waals surface area contributed by atoms with E-state index in [9.17, 15) is 13.6 Å². The van der Waals surface area contributed by atoms with Gasteiger partial charge in [-0.05, 0) is 30.6 Å². The number of ether oxygens (including phenoxy) is 1. The van der Waals surface area contributed by atoms with Gasteiger partial charge in [0.05, 0.1) is 0 Å². The molecule has 0 unspecified atom stereocenters. The summed E-state index contributed by atoms with van der Waals surface area (Å²) in [6.07, 6.45) is 0. The molecular weight excluding hydrogens is 348 g/mol. The van der Waals surface area contributed by atoms with Crippen LogP contribution in [0.2, 0.25) is 0 Å². The molecule has 0 aliphatic heterocycles. The molecule has 1 heterocycles. The summed E-state index contributed by atoms with van der Waals surface area (Å²) in [6, 6.07) is 9.73. The maximum Gasteiger partial charge on any atom is 0.254 e. The number of carbonyl (C=O) groups excluding carboxylic acids is 1. The third kappa shape index (κ3) is 3.63. The van der Waals surface area contributed by atoms with Crippen LogP contribution in [-0.2, 0) is 6.61 Å². The Kier molecular flexibility index (Phi) is 4.71. The average molecular weight is 361 g/mol. The molecule has 0 aliphatic rings. The lowest BCUT2D eigenvalue weighted by Gasteiger charge is -2.08. The molecule has 0 saturated carbocycles. The molecule has 0 fully saturated rings. The Morgan fingerprint density at radius 1 is 1.20 bits per heavy atom. The van der Waals surface area contributed by atoms with Crippen LogP contribution in [0, 0.1) is 18.6 Å². The number of rotatable bonds is 5. The van der Waals surface area contributed by atoms with E-state index in [1.54, 1.807) is 0 Å². The zero-order chi connectivity index (χ0) is 18.0. The van der Waals surface area contributed by atoms with Crippen LogP contribution in [0.15, 0.2) is 36.4 Å². The molecule has 8 heteroatoms. The van der Waals surface area contributed by atoms with Crippen LogP contribution in [0.3, 0.4) is 0 Å². The Balaban J connectivity index is 1.76. The number of aryl methyl sites for hydroxylation is 1. The molecule has 25 heavy (non-hydrogen) atoms. The highest BCUT2D eigenvalue weighted by atomic mass is 32.1. The third-order valence-corrected chi connectivity index (χ3v) is 4.12. The minimum atomic E-state index is -1.20. The molecule has 128 valence electrons. The van der Waals surface area contributed by atoms with Crippen molar-refractivity contribution in [1.29, 1.82) is 0 Å².